The lowest BCUT2D eigenvalue weighted by atomic mass is 10.2. The number of benzene rings is 2. The van der Waals surface area contributed by atoms with E-state index in [0.717, 1.165) is 11.1 Å². The first-order chi connectivity index (χ1) is 11.7. The molecule has 126 valence electrons. The molecular formula is C19H20O5. The fraction of sp³-hybridized carbons (Fsp3) is 0.211. The molecule has 0 N–H and O–H groups in total. The largest absolute Gasteiger partial charge is 0.497 e. The average molecular weight is 328 g/mol. The summed E-state index contributed by atoms with van der Waals surface area (Å²) in [5.74, 6) is 1.55. The Morgan fingerprint density at radius 3 is 2.42 bits per heavy atom. The van der Waals surface area contributed by atoms with Gasteiger partial charge in [-0.2, -0.15) is 0 Å². The predicted molar refractivity (Wildman–Crippen MR) is 91.4 cm³/mol. The Hall–Kier alpha value is -2.95. The molecule has 0 atom stereocenters. The maximum Gasteiger partial charge on any atom is 0.331 e. The van der Waals surface area contributed by atoms with Crippen LogP contribution in [0, 0.1) is 0 Å². The molecule has 0 aliphatic rings. The van der Waals surface area contributed by atoms with E-state index >= 15 is 0 Å². The highest BCUT2D eigenvalue weighted by atomic mass is 16.5. The van der Waals surface area contributed by atoms with Crippen molar-refractivity contribution in [2.24, 2.45) is 0 Å². The van der Waals surface area contributed by atoms with Crippen LogP contribution in [0.3, 0.4) is 0 Å². The van der Waals surface area contributed by atoms with E-state index in [4.69, 9.17) is 18.9 Å². The number of methoxy groups -OCH3 is 3. The van der Waals surface area contributed by atoms with Gasteiger partial charge in [0.25, 0.3) is 0 Å². The summed E-state index contributed by atoms with van der Waals surface area (Å²) in [7, 11) is 4.72. The number of hydrogen-bond donors (Lipinski definition) is 0. The van der Waals surface area contributed by atoms with Gasteiger partial charge in [-0.25, -0.2) is 4.79 Å². The van der Waals surface area contributed by atoms with Crippen LogP contribution in [0.15, 0.2) is 48.5 Å². The summed E-state index contributed by atoms with van der Waals surface area (Å²) in [6, 6.07) is 12.7. The predicted octanol–water partition coefficient (Wildman–Crippen LogP) is 3.47. The van der Waals surface area contributed by atoms with Crippen molar-refractivity contribution < 1.29 is 23.7 Å². The minimum absolute atomic E-state index is 0.0927. The second-order valence-electron chi connectivity index (χ2n) is 4.86. The van der Waals surface area contributed by atoms with E-state index in [1.807, 2.05) is 24.3 Å². The minimum Gasteiger partial charge on any atom is -0.497 e. The molecule has 5 nitrogen and oxygen atoms in total. The molecule has 0 unspecified atom stereocenters. The first kappa shape index (κ1) is 17.4. The zero-order valence-corrected chi connectivity index (χ0v) is 13.9. The van der Waals surface area contributed by atoms with Crippen LogP contribution in [0.4, 0.5) is 0 Å². The van der Waals surface area contributed by atoms with E-state index in [2.05, 4.69) is 0 Å². The topological polar surface area (TPSA) is 54.0 Å². The van der Waals surface area contributed by atoms with E-state index in [-0.39, 0.29) is 6.61 Å². The van der Waals surface area contributed by atoms with Gasteiger partial charge in [0.2, 0.25) is 0 Å². The minimum atomic E-state index is -0.453. The maximum absolute atomic E-state index is 11.9. The van der Waals surface area contributed by atoms with Crippen LogP contribution in [0.5, 0.6) is 17.2 Å². The van der Waals surface area contributed by atoms with Gasteiger partial charge >= 0.3 is 5.97 Å². The van der Waals surface area contributed by atoms with E-state index in [9.17, 15) is 4.79 Å². The van der Waals surface area contributed by atoms with Crippen LogP contribution >= 0.6 is 0 Å². The Bertz CT molecular complexity index is 721. The molecule has 0 aliphatic heterocycles. The van der Waals surface area contributed by atoms with Crippen LogP contribution in [-0.2, 0) is 16.1 Å². The van der Waals surface area contributed by atoms with Gasteiger partial charge in [0.15, 0.2) is 0 Å². The first-order valence-electron chi connectivity index (χ1n) is 7.36. The summed E-state index contributed by atoms with van der Waals surface area (Å²) in [6.07, 6.45) is 3.02. The molecule has 0 aliphatic carbocycles. The molecule has 0 radical (unpaired) electrons. The van der Waals surface area contributed by atoms with Gasteiger partial charge in [-0.15, -0.1) is 0 Å². The van der Waals surface area contributed by atoms with E-state index in [0.29, 0.717) is 17.2 Å². The SMILES string of the molecule is COc1ccc(OC)c(COC(=O)/C=C/c2ccccc2OC)c1. The molecular weight excluding hydrogens is 308 g/mol. The summed E-state index contributed by atoms with van der Waals surface area (Å²) in [5.41, 5.74) is 1.53. The highest BCUT2D eigenvalue weighted by Gasteiger charge is 2.07. The summed E-state index contributed by atoms with van der Waals surface area (Å²) >= 11 is 0. The number of rotatable bonds is 7. The fourth-order valence-electron chi connectivity index (χ4n) is 2.15. The van der Waals surface area contributed by atoms with Gasteiger partial charge in [-0.05, 0) is 30.3 Å². The fourth-order valence-corrected chi connectivity index (χ4v) is 2.15. The third-order valence-electron chi connectivity index (χ3n) is 3.40. The van der Waals surface area contributed by atoms with Crippen LogP contribution in [0.2, 0.25) is 0 Å². The average Bonchev–Trinajstić information content (AvgIpc) is 2.64. The van der Waals surface area contributed by atoms with Crippen molar-refractivity contribution in [3.05, 3.63) is 59.7 Å². The van der Waals surface area contributed by atoms with E-state index in [1.165, 1.54) is 6.08 Å². The lowest BCUT2D eigenvalue weighted by Crippen LogP contribution is -2.03. The summed E-state index contributed by atoms with van der Waals surface area (Å²) < 4.78 is 20.9. The second kappa shape index (κ2) is 8.62. The van der Waals surface area contributed by atoms with Crippen molar-refractivity contribution in [2.45, 2.75) is 6.61 Å². The molecule has 2 aromatic rings. The molecule has 0 saturated carbocycles. The molecule has 0 bridgehead atoms. The second-order valence-corrected chi connectivity index (χ2v) is 4.86. The third kappa shape index (κ3) is 4.52. The molecule has 2 rings (SSSR count). The van der Waals surface area contributed by atoms with Gasteiger partial charge in [0.05, 0.1) is 21.3 Å². The van der Waals surface area contributed by atoms with E-state index < -0.39 is 5.97 Å². The Morgan fingerprint density at radius 1 is 0.958 bits per heavy atom. The number of carbonyl (C=O) groups excluding carboxylic acids is 1. The van der Waals surface area contributed by atoms with Gasteiger partial charge in [-0.1, -0.05) is 18.2 Å². The monoisotopic (exact) mass is 328 g/mol. The standard InChI is InChI=1S/C19H20O5/c1-21-16-9-10-18(23-3)15(12-16)13-24-19(20)11-8-14-6-4-5-7-17(14)22-2/h4-12H,13H2,1-3H3/b11-8+. The van der Waals surface area contributed by atoms with Crippen LogP contribution in [-0.4, -0.2) is 27.3 Å². The van der Waals surface area contributed by atoms with Gasteiger partial charge in [0.1, 0.15) is 23.9 Å². The molecule has 2 aromatic carbocycles. The normalized spacial score (nSPS) is 10.5. The molecule has 5 heteroatoms. The number of carbonyl (C=O) groups is 1. The first-order valence-corrected chi connectivity index (χ1v) is 7.36. The Labute approximate surface area is 141 Å². The van der Waals surface area contributed by atoms with Gasteiger partial charge in [-0.3, -0.25) is 0 Å². The van der Waals surface area contributed by atoms with Crippen molar-refractivity contribution in [1.29, 1.82) is 0 Å². The molecule has 24 heavy (non-hydrogen) atoms. The van der Waals surface area contributed by atoms with Crippen LogP contribution in [0.1, 0.15) is 11.1 Å². The van der Waals surface area contributed by atoms with Crippen molar-refractivity contribution in [3.8, 4) is 17.2 Å². The summed E-state index contributed by atoms with van der Waals surface area (Å²) in [5, 5.41) is 0. The highest BCUT2D eigenvalue weighted by molar-refractivity contribution is 5.87. The number of hydrogen-bond acceptors (Lipinski definition) is 5. The molecule has 0 saturated heterocycles. The van der Waals surface area contributed by atoms with Crippen molar-refractivity contribution in [1.82, 2.24) is 0 Å². The number of para-hydroxylation sites is 1. The molecule has 0 spiro atoms. The molecule has 0 amide bonds. The number of ether oxygens (including phenoxy) is 4. The smallest absolute Gasteiger partial charge is 0.331 e. The molecule has 0 aromatic heterocycles. The van der Waals surface area contributed by atoms with Crippen LogP contribution < -0.4 is 14.2 Å². The van der Waals surface area contributed by atoms with Crippen LogP contribution in [0.25, 0.3) is 6.08 Å². The van der Waals surface area contributed by atoms with Crippen molar-refractivity contribution in [2.75, 3.05) is 21.3 Å². The van der Waals surface area contributed by atoms with Crippen molar-refractivity contribution in [3.63, 3.8) is 0 Å². The zero-order chi connectivity index (χ0) is 17.4. The number of esters is 1. The highest BCUT2D eigenvalue weighted by Crippen LogP contribution is 2.24. The van der Waals surface area contributed by atoms with Gasteiger partial charge in [0, 0.05) is 17.2 Å². The lowest BCUT2D eigenvalue weighted by Gasteiger charge is -2.10. The Balaban J connectivity index is 2.02. The lowest BCUT2D eigenvalue weighted by molar-refractivity contribution is -0.138. The Kier molecular flexibility index (Phi) is 6.25. The third-order valence-corrected chi connectivity index (χ3v) is 3.40. The van der Waals surface area contributed by atoms with Crippen molar-refractivity contribution >= 4 is 12.0 Å². The summed E-state index contributed by atoms with van der Waals surface area (Å²) in [4.78, 5) is 11.9. The zero-order valence-electron chi connectivity index (χ0n) is 13.9. The quantitative estimate of drug-likeness (QED) is 0.575. The Morgan fingerprint density at radius 2 is 1.71 bits per heavy atom. The van der Waals surface area contributed by atoms with E-state index in [1.54, 1.807) is 45.6 Å². The maximum atomic E-state index is 11.9. The molecule has 0 heterocycles. The molecule has 0 fully saturated rings. The summed E-state index contributed by atoms with van der Waals surface area (Å²) in [6.45, 7) is 0.0927. The van der Waals surface area contributed by atoms with Gasteiger partial charge < -0.3 is 18.9 Å².